The van der Waals surface area contributed by atoms with Crippen LogP contribution in [0.5, 0.6) is 17.2 Å². The summed E-state index contributed by atoms with van der Waals surface area (Å²) in [5.41, 5.74) is 0.948. The fourth-order valence-electron chi connectivity index (χ4n) is 2.41. The lowest BCUT2D eigenvalue weighted by molar-refractivity contribution is 0.0505. The number of halogens is 2. The number of hydrogen-bond acceptors (Lipinski definition) is 4. The number of benzene rings is 2. The third-order valence-electron chi connectivity index (χ3n) is 3.47. The van der Waals surface area contributed by atoms with E-state index in [1.165, 1.54) is 6.07 Å². The summed E-state index contributed by atoms with van der Waals surface area (Å²) in [5, 5.41) is 0. The highest BCUT2D eigenvalue weighted by Gasteiger charge is 2.26. The van der Waals surface area contributed by atoms with Gasteiger partial charge >= 0.3 is 0 Å². The van der Waals surface area contributed by atoms with Crippen molar-refractivity contribution in [2.75, 3.05) is 20.5 Å². The molecule has 1 heterocycles. The maximum absolute atomic E-state index is 13.2. The van der Waals surface area contributed by atoms with Gasteiger partial charge in [0.15, 0.2) is 18.4 Å². The fraction of sp³-hybridized carbons (Fsp3) is 0.294. The van der Waals surface area contributed by atoms with Crippen molar-refractivity contribution in [2.45, 2.75) is 12.5 Å². The molecule has 0 saturated heterocycles. The Bertz CT molecular complexity index is 690. The molecular weight excluding hydrogens is 306 g/mol. The van der Waals surface area contributed by atoms with Gasteiger partial charge in [-0.1, -0.05) is 6.07 Å². The number of ether oxygens (including phenoxy) is 4. The van der Waals surface area contributed by atoms with E-state index in [9.17, 15) is 8.78 Å². The Labute approximate surface area is 132 Å². The first kappa shape index (κ1) is 15.6. The molecule has 0 aromatic heterocycles. The molecule has 0 spiro atoms. The van der Waals surface area contributed by atoms with Gasteiger partial charge in [-0.3, -0.25) is 0 Å². The van der Waals surface area contributed by atoms with Crippen molar-refractivity contribution in [1.29, 1.82) is 0 Å². The van der Waals surface area contributed by atoms with Gasteiger partial charge in [-0.15, -0.1) is 0 Å². The maximum Gasteiger partial charge on any atom is 0.188 e. The fourth-order valence-corrected chi connectivity index (χ4v) is 2.41. The molecule has 1 atom stereocenters. The van der Waals surface area contributed by atoms with E-state index in [1.54, 1.807) is 7.11 Å². The third kappa shape index (κ3) is 3.53. The Morgan fingerprint density at radius 1 is 1.13 bits per heavy atom. The largest absolute Gasteiger partial charge is 0.490 e. The quantitative estimate of drug-likeness (QED) is 0.765. The normalized spacial score (nSPS) is 15.9. The van der Waals surface area contributed by atoms with Gasteiger partial charge in [0.05, 0.1) is 0 Å². The SMILES string of the molecule is COCOc1cccc2c1CC(COc1ccc(F)c(F)c1)O2. The molecule has 2 aromatic rings. The second kappa shape index (κ2) is 6.83. The van der Waals surface area contributed by atoms with E-state index >= 15 is 0 Å². The minimum absolute atomic E-state index is 0.159. The second-order valence-electron chi connectivity index (χ2n) is 5.11. The molecule has 0 fully saturated rings. The minimum Gasteiger partial charge on any atom is -0.490 e. The van der Waals surface area contributed by atoms with E-state index in [1.807, 2.05) is 18.2 Å². The van der Waals surface area contributed by atoms with Crippen LogP contribution in [0.3, 0.4) is 0 Å². The average molecular weight is 322 g/mol. The van der Waals surface area contributed by atoms with Crippen LogP contribution in [-0.4, -0.2) is 26.6 Å². The zero-order chi connectivity index (χ0) is 16.2. The molecule has 1 aliphatic heterocycles. The van der Waals surface area contributed by atoms with Crippen LogP contribution in [0.2, 0.25) is 0 Å². The van der Waals surface area contributed by atoms with E-state index in [2.05, 4.69) is 0 Å². The van der Waals surface area contributed by atoms with Crippen LogP contribution in [0.15, 0.2) is 36.4 Å². The van der Waals surface area contributed by atoms with Gasteiger partial charge in [0.1, 0.15) is 30.0 Å². The Balaban J connectivity index is 1.62. The van der Waals surface area contributed by atoms with E-state index in [0.29, 0.717) is 12.2 Å². The highest BCUT2D eigenvalue weighted by atomic mass is 19.2. The average Bonchev–Trinajstić information content (AvgIpc) is 2.97. The molecule has 3 rings (SSSR count). The van der Waals surface area contributed by atoms with Crippen molar-refractivity contribution in [3.05, 3.63) is 53.6 Å². The number of fused-ring (bicyclic) bond motifs is 1. The van der Waals surface area contributed by atoms with Gasteiger partial charge < -0.3 is 18.9 Å². The summed E-state index contributed by atoms with van der Waals surface area (Å²) in [4.78, 5) is 0. The predicted molar refractivity (Wildman–Crippen MR) is 78.9 cm³/mol. The summed E-state index contributed by atoms with van der Waals surface area (Å²) >= 11 is 0. The molecule has 0 amide bonds. The molecule has 23 heavy (non-hydrogen) atoms. The summed E-state index contributed by atoms with van der Waals surface area (Å²) < 4.78 is 47.7. The summed E-state index contributed by atoms with van der Waals surface area (Å²) in [7, 11) is 1.55. The highest BCUT2D eigenvalue weighted by molar-refractivity contribution is 5.47. The molecule has 1 unspecified atom stereocenters. The van der Waals surface area contributed by atoms with E-state index in [4.69, 9.17) is 18.9 Å². The highest BCUT2D eigenvalue weighted by Crippen LogP contribution is 2.36. The van der Waals surface area contributed by atoms with Crippen molar-refractivity contribution in [3.63, 3.8) is 0 Å². The Kier molecular flexibility index (Phi) is 4.62. The Morgan fingerprint density at radius 3 is 2.78 bits per heavy atom. The molecule has 0 saturated carbocycles. The van der Waals surface area contributed by atoms with Crippen molar-refractivity contribution in [2.24, 2.45) is 0 Å². The number of methoxy groups -OCH3 is 1. The monoisotopic (exact) mass is 322 g/mol. The lowest BCUT2D eigenvalue weighted by atomic mass is 10.1. The summed E-state index contributed by atoms with van der Waals surface area (Å²) in [6.45, 7) is 0.385. The Hall–Kier alpha value is -2.34. The predicted octanol–water partition coefficient (Wildman–Crippen LogP) is 3.33. The molecule has 2 aromatic carbocycles. The van der Waals surface area contributed by atoms with Crippen LogP contribution in [0.25, 0.3) is 0 Å². The van der Waals surface area contributed by atoms with Crippen molar-refractivity contribution in [3.8, 4) is 17.2 Å². The lowest BCUT2D eigenvalue weighted by Gasteiger charge is -2.12. The summed E-state index contributed by atoms with van der Waals surface area (Å²) in [6.07, 6.45) is 0.393. The van der Waals surface area contributed by atoms with Gasteiger partial charge in [-0.2, -0.15) is 0 Å². The summed E-state index contributed by atoms with van der Waals surface area (Å²) in [6, 6.07) is 8.97. The zero-order valence-corrected chi connectivity index (χ0v) is 12.6. The molecule has 0 aliphatic carbocycles. The molecule has 4 nitrogen and oxygen atoms in total. The number of rotatable bonds is 6. The van der Waals surface area contributed by atoms with Crippen molar-refractivity contribution in [1.82, 2.24) is 0 Å². The minimum atomic E-state index is -0.937. The lowest BCUT2D eigenvalue weighted by Crippen LogP contribution is -2.22. The van der Waals surface area contributed by atoms with Crippen molar-refractivity contribution >= 4 is 0 Å². The molecular formula is C17H16F2O4. The number of hydrogen-bond donors (Lipinski definition) is 0. The van der Waals surface area contributed by atoms with Gasteiger partial charge in [0, 0.05) is 25.2 Å². The molecule has 6 heteroatoms. The summed E-state index contributed by atoms with van der Waals surface area (Å²) in [5.74, 6) is -0.133. The van der Waals surface area contributed by atoms with Gasteiger partial charge in [-0.25, -0.2) is 8.78 Å². The molecule has 0 bridgehead atoms. The first-order valence-corrected chi connectivity index (χ1v) is 7.15. The first-order valence-electron chi connectivity index (χ1n) is 7.15. The van der Waals surface area contributed by atoms with Crippen LogP contribution in [0, 0.1) is 11.6 Å². The standard InChI is InChI=1S/C17H16F2O4/c1-20-10-22-16-3-2-4-17-13(16)7-12(23-17)9-21-11-5-6-14(18)15(19)8-11/h2-6,8,12H,7,9-10H2,1H3. The van der Waals surface area contributed by atoms with Crippen LogP contribution in [-0.2, 0) is 11.2 Å². The molecule has 122 valence electrons. The van der Waals surface area contributed by atoms with Crippen LogP contribution in [0.1, 0.15) is 5.56 Å². The third-order valence-corrected chi connectivity index (χ3v) is 3.47. The molecule has 1 aliphatic rings. The molecule has 0 N–H and O–H groups in total. The Morgan fingerprint density at radius 2 is 2.00 bits per heavy atom. The maximum atomic E-state index is 13.2. The van der Waals surface area contributed by atoms with E-state index in [0.717, 1.165) is 23.4 Å². The van der Waals surface area contributed by atoms with Crippen LogP contribution >= 0.6 is 0 Å². The second-order valence-corrected chi connectivity index (χ2v) is 5.11. The van der Waals surface area contributed by atoms with E-state index in [-0.39, 0.29) is 25.3 Å². The smallest absolute Gasteiger partial charge is 0.188 e. The molecule has 0 radical (unpaired) electrons. The topological polar surface area (TPSA) is 36.9 Å². The van der Waals surface area contributed by atoms with Crippen molar-refractivity contribution < 1.29 is 27.7 Å². The van der Waals surface area contributed by atoms with Gasteiger partial charge in [0.2, 0.25) is 0 Å². The van der Waals surface area contributed by atoms with Crippen LogP contribution in [0.4, 0.5) is 8.78 Å². The van der Waals surface area contributed by atoms with Crippen LogP contribution < -0.4 is 14.2 Å². The van der Waals surface area contributed by atoms with Gasteiger partial charge in [0.25, 0.3) is 0 Å². The first-order chi connectivity index (χ1) is 11.2. The van der Waals surface area contributed by atoms with E-state index < -0.39 is 11.6 Å². The van der Waals surface area contributed by atoms with Gasteiger partial charge in [-0.05, 0) is 24.3 Å². The zero-order valence-electron chi connectivity index (χ0n) is 12.6.